The largest absolute Gasteiger partial charge is 0.355 e. The minimum atomic E-state index is 0. The Kier molecular flexibility index (Phi) is 12.5. The molecule has 6 nitrogen and oxygen atoms in total. The average Bonchev–Trinajstić information content (AvgIpc) is 2.54. The Labute approximate surface area is 163 Å². The van der Waals surface area contributed by atoms with Gasteiger partial charge in [-0.05, 0) is 38.5 Å². The Bertz CT molecular complexity index is 404. The molecule has 1 saturated heterocycles. The molecule has 0 aromatic heterocycles. The molecule has 2 amide bonds. The molecule has 1 aliphatic heterocycles. The van der Waals surface area contributed by atoms with Gasteiger partial charge in [-0.25, -0.2) is 0 Å². The molecule has 0 spiro atoms. The molecule has 148 valence electrons. The van der Waals surface area contributed by atoms with E-state index in [4.69, 9.17) is 5.73 Å². The number of nitrogens with one attached hydrogen (secondary N) is 2. The predicted molar refractivity (Wildman–Crippen MR) is 105 cm³/mol. The van der Waals surface area contributed by atoms with Crippen LogP contribution >= 0.6 is 24.8 Å². The van der Waals surface area contributed by atoms with Crippen LogP contribution in [-0.2, 0) is 9.59 Å². The van der Waals surface area contributed by atoms with E-state index < -0.39 is 0 Å². The van der Waals surface area contributed by atoms with Crippen molar-refractivity contribution in [3.8, 4) is 0 Å². The molecule has 2 atom stereocenters. The number of halogens is 2. The number of likely N-dealkylation sites (tertiary alicyclic amines) is 1. The van der Waals surface area contributed by atoms with Crippen LogP contribution in [0, 0.1) is 5.92 Å². The van der Waals surface area contributed by atoms with E-state index >= 15 is 0 Å². The Balaban J connectivity index is 0.00000288. The highest BCUT2D eigenvalue weighted by atomic mass is 35.5. The Morgan fingerprint density at radius 2 is 1.80 bits per heavy atom. The van der Waals surface area contributed by atoms with Crippen molar-refractivity contribution in [2.24, 2.45) is 11.7 Å². The number of piperidine rings is 1. The van der Waals surface area contributed by atoms with Gasteiger partial charge < -0.3 is 16.4 Å². The molecule has 0 aromatic carbocycles. The number of hydrogen-bond donors (Lipinski definition) is 3. The number of carbonyl (C=O) groups excluding carboxylic acids is 2. The first kappa shape index (κ1) is 24.4. The zero-order chi connectivity index (χ0) is 16.7. The van der Waals surface area contributed by atoms with Gasteiger partial charge in [-0.15, -0.1) is 24.8 Å². The summed E-state index contributed by atoms with van der Waals surface area (Å²) in [6.07, 6.45) is 6.70. The van der Waals surface area contributed by atoms with E-state index in [0.717, 1.165) is 64.6 Å². The van der Waals surface area contributed by atoms with Gasteiger partial charge in [0.1, 0.15) is 0 Å². The van der Waals surface area contributed by atoms with E-state index in [-0.39, 0.29) is 54.6 Å². The topological polar surface area (TPSA) is 87.5 Å². The summed E-state index contributed by atoms with van der Waals surface area (Å²) in [5.41, 5.74) is 5.97. The first-order valence-electron chi connectivity index (χ1n) is 9.13. The molecule has 1 saturated carbocycles. The highest BCUT2D eigenvalue weighted by Crippen LogP contribution is 2.23. The molecule has 2 rings (SSSR count). The summed E-state index contributed by atoms with van der Waals surface area (Å²) in [4.78, 5) is 26.2. The molecule has 2 unspecified atom stereocenters. The molecule has 0 aromatic rings. The summed E-state index contributed by atoms with van der Waals surface area (Å²) in [5.74, 6) is 0.376. The van der Waals surface area contributed by atoms with Crippen molar-refractivity contribution in [1.29, 1.82) is 0 Å². The Morgan fingerprint density at radius 1 is 1.12 bits per heavy atom. The highest BCUT2D eigenvalue weighted by molar-refractivity contribution is 5.85. The molecule has 4 N–H and O–H groups in total. The van der Waals surface area contributed by atoms with Gasteiger partial charge in [0.05, 0.1) is 6.54 Å². The lowest BCUT2D eigenvalue weighted by atomic mass is 9.85. The van der Waals surface area contributed by atoms with Crippen LogP contribution in [0.15, 0.2) is 0 Å². The molecule has 25 heavy (non-hydrogen) atoms. The van der Waals surface area contributed by atoms with Crippen molar-refractivity contribution >= 4 is 36.6 Å². The molecule has 2 fully saturated rings. The molecular formula is C17H34Cl2N4O2. The molecule has 1 aliphatic carbocycles. The first-order valence-corrected chi connectivity index (χ1v) is 9.13. The molecule has 1 heterocycles. The van der Waals surface area contributed by atoms with Crippen LogP contribution in [0.25, 0.3) is 0 Å². The van der Waals surface area contributed by atoms with E-state index in [9.17, 15) is 9.59 Å². The number of nitrogens with zero attached hydrogens (tertiary/aromatic N) is 1. The van der Waals surface area contributed by atoms with E-state index in [1.807, 2.05) is 6.92 Å². The number of nitrogens with two attached hydrogens (primary N) is 1. The highest BCUT2D eigenvalue weighted by Gasteiger charge is 2.28. The maximum atomic E-state index is 12.3. The van der Waals surface area contributed by atoms with Crippen molar-refractivity contribution in [3.05, 3.63) is 0 Å². The summed E-state index contributed by atoms with van der Waals surface area (Å²) in [6.45, 7) is 5.00. The van der Waals surface area contributed by atoms with Gasteiger partial charge in [0.2, 0.25) is 11.8 Å². The van der Waals surface area contributed by atoms with Crippen LogP contribution in [-0.4, -0.2) is 55.0 Å². The maximum Gasteiger partial charge on any atom is 0.234 e. The zero-order valence-electron chi connectivity index (χ0n) is 15.2. The van der Waals surface area contributed by atoms with Crippen LogP contribution in [0.3, 0.4) is 0 Å². The van der Waals surface area contributed by atoms with Crippen molar-refractivity contribution in [2.75, 3.05) is 26.2 Å². The zero-order valence-corrected chi connectivity index (χ0v) is 16.8. The average molecular weight is 397 g/mol. The van der Waals surface area contributed by atoms with Crippen molar-refractivity contribution in [2.45, 2.75) is 64.0 Å². The lowest BCUT2D eigenvalue weighted by Gasteiger charge is -2.33. The second-order valence-corrected chi connectivity index (χ2v) is 7.03. The fourth-order valence-electron chi connectivity index (χ4n) is 3.54. The third-order valence-corrected chi connectivity index (χ3v) is 4.96. The van der Waals surface area contributed by atoms with E-state index in [1.54, 1.807) is 0 Å². The van der Waals surface area contributed by atoms with Crippen LogP contribution in [0.5, 0.6) is 0 Å². The number of hydrogen-bond acceptors (Lipinski definition) is 4. The molecule has 0 bridgehead atoms. The smallest absolute Gasteiger partial charge is 0.234 e. The molecular weight excluding hydrogens is 363 g/mol. The third-order valence-electron chi connectivity index (χ3n) is 4.96. The van der Waals surface area contributed by atoms with E-state index in [1.165, 1.54) is 0 Å². The van der Waals surface area contributed by atoms with Crippen LogP contribution in [0.2, 0.25) is 0 Å². The number of rotatable bonds is 6. The van der Waals surface area contributed by atoms with E-state index in [2.05, 4.69) is 15.5 Å². The number of carbonyl (C=O) groups is 2. The van der Waals surface area contributed by atoms with E-state index in [0.29, 0.717) is 6.54 Å². The van der Waals surface area contributed by atoms with Gasteiger partial charge in [-0.3, -0.25) is 14.5 Å². The molecule has 0 radical (unpaired) electrons. The fraction of sp³-hybridized carbons (Fsp3) is 0.882. The van der Waals surface area contributed by atoms with Gasteiger partial charge in [-0.2, -0.15) is 0 Å². The molecule has 8 heteroatoms. The lowest BCUT2D eigenvalue weighted by Crippen LogP contribution is -2.49. The van der Waals surface area contributed by atoms with Gasteiger partial charge in [0.25, 0.3) is 0 Å². The van der Waals surface area contributed by atoms with Gasteiger partial charge in [0.15, 0.2) is 0 Å². The predicted octanol–water partition coefficient (Wildman–Crippen LogP) is 1.45. The first-order chi connectivity index (χ1) is 11.1. The molecule has 2 aliphatic rings. The number of amides is 2. The van der Waals surface area contributed by atoms with Crippen molar-refractivity contribution in [3.63, 3.8) is 0 Å². The lowest BCUT2D eigenvalue weighted by molar-refractivity contribution is -0.127. The van der Waals surface area contributed by atoms with Crippen LogP contribution < -0.4 is 16.4 Å². The summed E-state index contributed by atoms with van der Waals surface area (Å²) in [7, 11) is 0. The third kappa shape index (κ3) is 8.58. The van der Waals surface area contributed by atoms with Crippen molar-refractivity contribution < 1.29 is 9.59 Å². The second-order valence-electron chi connectivity index (χ2n) is 7.03. The van der Waals surface area contributed by atoms with Gasteiger partial charge >= 0.3 is 0 Å². The summed E-state index contributed by atoms with van der Waals surface area (Å²) < 4.78 is 0. The second kappa shape index (κ2) is 12.7. The van der Waals surface area contributed by atoms with Crippen LogP contribution in [0.4, 0.5) is 0 Å². The summed E-state index contributed by atoms with van der Waals surface area (Å²) in [6, 6.07) is 0.429. The Morgan fingerprint density at radius 3 is 2.40 bits per heavy atom. The monoisotopic (exact) mass is 396 g/mol. The summed E-state index contributed by atoms with van der Waals surface area (Å²) >= 11 is 0. The van der Waals surface area contributed by atoms with Crippen molar-refractivity contribution in [1.82, 2.24) is 15.5 Å². The minimum Gasteiger partial charge on any atom is -0.355 e. The quantitative estimate of drug-likeness (QED) is 0.633. The fourth-order valence-corrected chi connectivity index (χ4v) is 3.54. The normalized spacial score (nSPS) is 24.6. The minimum absolute atomic E-state index is 0. The van der Waals surface area contributed by atoms with Gasteiger partial charge in [0, 0.05) is 37.6 Å². The SMILES string of the molecule is CCCNC(=O)CN1CCC(NC(=O)C2CCCC(N)C2)CC1.Cl.Cl. The Hall–Kier alpha value is -0.560. The van der Waals surface area contributed by atoms with Gasteiger partial charge in [-0.1, -0.05) is 13.3 Å². The van der Waals surface area contributed by atoms with Crippen LogP contribution in [0.1, 0.15) is 51.9 Å². The standard InChI is InChI=1S/C17H32N4O2.2ClH/c1-2-8-19-16(22)12-21-9-6-15(7-10-21)20-17(23)13-4-3-5-14(18)11-13;;/h13-15H,2-12,18H2,1H3,(H,19,22)(H,20,23);2*1H. The maximum absolute atomic E-state index is 12.3. The summed E-state index contributed by atoms with van der Waals surface area (Å²) in [5, 5.41) is 6.10.